The maximum absolute atomic E-state index is 12.7. The highest BCUT2D eigenvalue weighted by Crippen LogP contribution is 2.21. The third-order valence-corrected chi connectivity index (χ3v) is 5.00. The summed E-state index contributed by atoms with van der Waals surface area (Å²) in [5.74, 6) is 0.893. The number of nitro groups is 1. The van der Waals surface area contributed by atoms with E-state index in [1.807, 2.05) is 24.4 Å². The van der Waals surface area contributed by atoms with E-state index >= 15 is 0 Å². The lowest BCUT2D eigenvalue weighted by atomic mass is 10.2. The first kappa shape index (κ1) is 18.7. The number of ether oxygens (including phenoxy) is 1. The van der Waals surface area contributed by atoms with E-state index in [0.717, 1.165) is 10.4 Å². The molecule has 0 radical (unpaired) electrons. The van der Waals surface area contributed by atoms with Crippen LogP contribution in [-0.4, -0.2) is 22.3 Å². The SMILES string of the molecule is Cc1ccsc1CN(Cc1ccco1)C(=O)COc1ccc([N+](=O)[O-])cc1. The van der Waals surface area contributed by atoms with E-state index in [0.29, 0.717) is 24.6 Å². The fourth-order valence-electron chi connectivity index (χ4n) is 2.46. The van der Waals surface area contributed by atoms with Gasteiger partial charge in [0.05, 0.1) is 24.3 Å². The summed E-state index contributed by atoms with van der Waals surface area (Å²) in [4.78, 5) is 25.7. The molecule has 0 aliphatic carbocycles. The normalized spacial score (nSPS) is 10.6. The summed E-state index contributed by atoms with van der Waals surface area (Å²) >= 11 is 1.60. The molecular formula is C19H18N2O5S. The molecule has 0 N–H and O–H groups in total. The average molecular weight is 386 g/mol. The Balaban J connectivity index is 1.66. The standard InChI is InChI=1S/C19H18N2O5S/c1-14-8-10-27-18(14)12-20(11-17-3-2-9-25-17)19(22)13-26-16-6-4-15(5-7-16)21(23)24/h2-10H,11-13H2,1H3. The molecule has 3 aromatic rings. The zero-order valence-electron chi connectivity index (χ0n) is 14.7. The van der Waals surface area contributed by atoms with Gasteiger partial charge in [-0.2, -0.15) is 0 Å². The number of benzene rings is 1. The second-order valence-corrected chi connectivity index (χ2v) is 6.90. The molecule has 1 aromatic carbocycles. The number of aryl methyl sites for hydroxylation is 1. The van der Waals surface area contributed by atoms with Gasteiger partial charge in [-0.15, -0.1) is 11.3 Å². The summed E-state index contributed by atoms with van der Waals surface area (Å²) in [5, 5.41) is 12.7. The van der Waals surface area contributed by atoms with Crippen molar-refractivity contribution in [3.8, 4) is 5.75 Å². The number of rotatable bonds is 8. The third kappa shape index (κ3) is 4.95. The van der Waals surface area contributed by atoms with Crippen molar-refractivity contribution in [2.75, 3.05) is 6.61 Å². The van der Waals surface area contributed by atoms with Crippen LogP contribution in [0.4, 0.5) is 5.69 Å². The molecule has 0 fully saturated rings. The molecule has 0 unspecified atom stereocenters. The molecule has 0 aliphatic heterocycles. The van der Waals surface area contributed by atoms with Gasteiger partial charge in [0.2, 0.25) is 0 Å². The van der Waals surface area contributed by atoms with Crippen LogP contribution in [0.5, 0.6) is 5.75 Å². The smallest absolute Gasteiger partial charge is 0.269 e. The number of hydrogen-bond acceptors (Lipinski definition) is 6. The Morgan fingerprint density at radius 3 is 2.59 bits per heavy atom. The zero-order chi connectivity index (χ0) is 19.2. The topological polar surface area (TPSA) is 85.8 Å². The number of nitro benzene ring substituents is 1. The number of non-ortho nitro benzene ring substituents is 1. The van der Waals surface area contributed by atoms with Crippen LogP contribution in [0.25, 0.3) is 0 Å². The summed E-state index contributed by atoms with van der Waals surface area (Å²) in [7, 11) is 0. The van der Waals surface area contributed by atoms with Crippen molar-refractivity contribution >= 4 is 22.9 Å². The molecule has 0 saturated heterocycles. The Morgan fingerprint density at radius 2 is 2.00 bits per heavy atom. The number of thiophene rings is 1. The molecule has 3 rings (SSSR count). The first-order valence-corrected chi connectivity index (χ1v) is 9.11. The second kappa shape index (κ2) is 8.50. The number of furan rings is 1. The number of carbonyl (C=O) groups is 1. The predicted octanol–water partition coefficient (Wildman–Crippen LogP) is 4.17. The van der Waals surface area contributed by atoms with Crippen molar-refractivity contribution in [3.05, 3.63) is 80.4 Å². The lowest BCUT2D eigenvalue weighted by Crippen LogP contribution is -2.33. The Bertz CT molecular complexity index is 903. The highest BCUT2D eigenvalue weighted by molar-refractivity contribution is 7.10. The van der Waals surface area contributed by atoms with Crippen molar-refractivity contribution in [1.29, 1.82) is 0 Å². The molecule has 1 amide bonds. The minimum absolute atomic E-state index is 0.0266. The van der Waals surface area contributed by atoms with Crippen LogP contribution in [-0.2, 0) is 17.9 Å². The van der Waals surface area contributed by atoms with E-state index in [-0.39, 0.29) is 18.2 Å². The quantitative estimate of drug-likeness (QED) is 0.428. The molecule has 2 heterocycles. The fraction of sp³-hybridized carbons (Fsp3) is 0.211. The molecule has 0 bridgehead atoms. The Kier molecular flexibility index (Phi) is 5.87. The number of nitrogens with zero attached hydrogens (tertiary/aromatic N) is 2. The predicted molar refractivity (Wildman–Crippen MR) is 101 cm³/mol. The Labute approximate surface area is 159 Å². The van der Waals surface area contributed by atoms with Crippen molar-refractivity contribution in [2.45, 2.75) is 20.0 Å². The van der Waals surface area contributed by atoms with Gasteiger partial charge < -0.3 is 14.1 Å². The lowest BCUT2D eigenvalue weighted by Gasteiger charge is -2.21. The molecule has 2 aromatic heterocycles. The number of amides is 1. The van der Waals surface area contributed by atoms with E-state index in [1.165, 1.54) is 24.3 Å². The van der Waals surface area contributed by atoms with Gasteiger partial charge in [0.1, 0.15) is 11.5 Å². The summed E-state index contributed by atoms with van der Waals surface area (Å²) in [6.45, 7) is 2.65. The lowest BCUT2D eigenvalue weighted by molar-refractivity contribution is -0.384. The van der Waals surface area contributed by atoms with Gasteiger partial charge in [0, 0.05) is 17.0 Å². The minimum Gasteiger partial charge on any atom is -0.484 e. The van der Waals surface area contributed by atoms with E-state index in [2.05, 4.69) is 0 Å². The van der Waals surface area contributed by atoms with Crippen LogP contribution in [0.1, 0.15) is 16.2 Å². The number of hydrogen-bond donors (Lipinski definition) is 0. The molecule has 0 spiro atoms. The molecule has 140 valence electrons. The van der Waals surface area contributed by atoms with Gasteiger partial charge >= 0.3 is 0 Å². The first-order valence-electron chi connectivity index (χ1n) is 8.23. The molecule has 7 nitrogen and oxygen atoms in total. The highest BCUT2D eigenvalue weighted by Gasteiger charge is 2.18. The monoisotopic (exact) mass is 386 g/mol. The maximum Gasteiger partial charge on any atom is 0.269 e. The van der Waals surface area contributed by atoms with Crippen molar-refractivity contribution in [2.24, 2.45) is 0 Å². The van der Waals surface area contributed by atoms with E-state index in [9.17, 15) is 14.9 Å². The summed E-state index contributed by atoms with van der Waals surface area (Å²) in [6, 6.07) is 11.3. The van der Waals surface area contributed by atoms with Crippen LogP contribution in [0.3, 0.4) is 0 Å². The van der Waals surface area contributed by atoms with Gasteiger partial charge in [-0.25, -0.2) is 0 Å². The van der Waals surface area contributed by atoms with Crippen molar-refractivity contribution in [3.63, 3.8) is 0 Å². The summed E-state index contributed by atoms with van der Waals surface area (Å²) in [5.41, 5.74) is 1.11. The largest absolute Gasteiger partial charge is 0.484 e. The van der Waals surface area contributed by atoms with Crippen molar-refractivity contribution in [1.82, 2.24) is 4.90 Å². The highest BCUT2D eigenvalue weighted by atomic mass is 32.1. The van der Waals surface area contributed by atoms with Crippen molar-refractivity contribution < 1.29 is 18.9 Å². The summed E-state index contributed by atoms with van der Waals surface area (Å²) < 4.78 is 10.9. The molecule has 0 aliphatic rings. The molecule has 8 heteroatoms. The van der Waals surface area contributed by atoms with Crippen LogP contribution < -0.4 is 4.74 Å². The van der Waals surface area contributed by atoms with Crippen LogP contribution >= 0.6 is 11.3 Å². The fourth-order valence-corrected chi connectivity index (χ4v) is 3.38. The third-order valence-electron chi connectivity index (χ3n) is 3.99. The maximum atomic E-state index is 12.7. The average Bonchev–Trinajstić information content (AvgIpc) is 3.31. The number of carbonyl (C=O) groups excluding carboxylic acids is 1. The van der Waals surface area contributed by atoms with Gasteiger partial charge in [-0.3, -0.25) is 14.9 Å². The van der Waals surface area contributed by atoms with Crippen LogP contribution in [0, 0.1) is 17.0 Å². The van der Waals surface area contributed by atoms with Gasteiger partial charge in [0.25, 0.3) is 11.6 Å². The molecule has 0 saturated carbocycles. The van der Waals surface area contributed by atoms with Crippen LogP contribution in [0.2, 0.25) is 0 Å². The van der Waals surface area contributed by atoms with E-state index < -0.39 is 4.92 Å². The molecular weight excluding hydrogens is 368 g/mol. The Morgan fingerprint density at radius 1 is 1.22 bits per heavy atom. The van der Waals surface area contributed by atoms with E-state index in [4.69, 9.17) is 9.15 Å². The van der Waals surface area contributed by atoms with Gasteiger partial charge in [0.15, 0.2) is 6.61 Å². The summed E-state index contributed by atoms with van der Waals surface area (Å²) in [6.07, 6.45) is 1.57. The Hall–Kier alpha value is -3.13. The second-order valence-electron chi connectivity index (χ2n) is 5.90. The first-order chi connectivity index (χ1) is 13.0. The van der Waals surface area contributed by atoms with E-state index in [1.54, 1.807) is 28.6 Å². The zero-order valence-corrected chi connectivity index (χ0v) is 15.5. The van der Waals surface area contributed by atoms with Gasteiger partial charge in [-0.1, -0.05) is 0 Å². The molecule has 0 atom stereocenters. The van der Waals surface area contributed by atoms with Gasteiger partial charge in [-0.05, 0) is 48.2 Å². The van der Waals surface area contributed by atoms with Crippen LogP contribution in [0.15, 0.2) is 58.5 Å². The minimum atomic E-state index is -0.483. The molecule has 27 heavy (non-hydrogen) atoms.